The van der Waals surface area contributed by atoms with Crippen LogP contribution in [0.2, 0.25) is 0 Å². The van der Waals surface area contributed by atoms with Crippen LogP contribution in [-0.2, 0) is 0 Å². The Kier molecular flexibility index (Phi) is 29.5. The largest absolute Gasteiger partial charge is 0.493 e. The first-order chi connectivity index (χ1) is 25.7. The van der Waals surface area contributed by atoms with Crippen LogP contribution in [0.3, 0.4) is 0 Å². The fourth-order valence-electron chi connectivity index (χ4n) is 6.68. The Morgan fingerprint density at radius 3 is 1.27 bits per heavy atom. The highest BCUT2D eigenvalue weighted by Crippen LogP contribution is 2.26. The van der Waals surface area contributed by atoms with Gasteiger partial charge in [-0.2, -0.15) is 0 Å². The van der Waals surface area contributed by atoms with Crippen molar-refractivity contribution in [3.63, 3.8) is 0 Å². The van der Waals surface area contributed by atoms with Gasteiger partial charge in [0.25, 0.3) is 0 Å². The number of benzene rings is 2. The van der Waals surface area contributed by atoms with Crippen LogP contribution in [0.1, 0.15) is 210 Å². The molecule has 0 aliphatic heterocycles. The van der Waals surface area contributed by atoms with Crippen molar-refractivity contribution in [1.82, 2.24) is 0 Å². The van der Waals surface area contributed by atoms with E-state index in [1.165, 1.54) is 159 Å². The molecular weight excluding hydrogens is 657 g/mol. The van der Waals surface area contributed by atoms with Gasteiger partial charge in [-0.05, 0) is 73.1 Å². The third-order valence-corrected chi connectivity index (χ3v) is 11.2. The number of carbonyl (C=O) groups is 1. The molecule has 2 rings (SSSR count). The van der Waals surface area contributed by atoms with Gasteiger partial charge in [0.2, 0.25) is 0 Å². The van der Waals surface area contributed by atoms with E-state index in [2.05, 4.69) is 32.9 Å². The van der Waals surface area contributed by atoms with Gasteiger partial charge in [0.15, 0.2) is 5.78 Å². The summed E-state index contributed by atoms with van der Waals surface area (Å²) in [5, 5.41) is 0. The summed E-state index contributed by atoms with van der Waals surface area (Å²) >= 11 is 1.83. The number of hydrogen-bond donors (Lipinski definition) is 0. The molecule has 0 N–H and O–H groups in total. The minimum atomic E-state index is 0.0137. The van der Waals surface area contributed by atoms with Crippen molar-refractivity contribution in [1.29, 1.82) is 0 Å². The van der Waals surface area contributed by atoms with E-state index in [4.69, 9.17) is 9.47 Å². The van der Waals surface area contributed by atoms with Crippen LogP contribution in [0.5, 0.6) is 11.5 Å². The minimum Gasteiger partial charge on any atom is -0.493 e. The summed E-state index contributed by atoms with van der Waals surface area (Å²) in [6.07, 6.45) is 39.6. The van der Waals surface area contributed by atoms with Gasteiger partial charge in [-0.1, -0.05) is 181 Å². The van der Waals surface area contributed by atoms with Gasteiger partial charge in [0.1, 0.15) is 11.5 Å². The Hall–Kier alpha value is -2.20. The number of unbranched alkanes of at least 4 members (excludes halogenated alkanes) is 24. The van der Waals surface area contributed by atoms with Gasteiger partial charge in [-0.3, -0.25) is 4.79 Å². The van der Waals surface area contributed by atoms with E-state index < -0.39 is 0 Å². The number of allylic oxidation sites excluding steroid dienone is 1. The standard InChI is InChI=1S/C48H78O3S/c1-4-7-9-11-13-15-17-19-21-23-25-27-29-37-50-45-40-43(31-36-48(49)44-32-34-47(35-33-44)52-39-6-3)41-46(42-45)51-38-30-28-26-24-22-20-18-16-14-12-10-8-5-2/h31-36,40-42H,4-30,37-39H2,1-3H3. The molecule has 0 aliphatic rings. The zero-order valence-corrected chi connectivity index (χ0v) is 34.9. The van der Waals surface area contributed by atoms with E-state index in [1.54, 1.807) is 6.08 Å². The number of rotatable bonds is 36. The maximum Gasteiger partial charge on any atom is 0.185 e. The molecule has 0 aromatic heterocycles. The highest BCUT2D eigenvalue weighted by Gasteiger charge is 2.06. The molecule has 0 amide bonds. The van der Waals surface area contributed by atoms with E-state index in [-0.39, 0.29) is 5.78 Å². The van der Waals surface area contributed by atoms with Crippen molar-refractivity contribution >= 4 is 23.6 Å². The summed E-state index contributed by atoms with van der Waals surface area (Å²) in [7, 11) is 0. The SMILES string of the molecule is CCCCCCCCCCCCCCCOc1cc(C=CC(=O)c2ccc(SCCC)cc2)cc(OCCCCCCCCCCCCCCC)c1. The van der Waals surface area contributed by atoms with Gasteiger partial charge in [-0.15, -0.1) is 11.8 Å². The van der Waals surface area contributed by atoms with Crippen molar-refractivity contribution in [2.45, 2.75) is 199 Å². The fourth-order valence-corrected chi connectivity index (χ4v) is 7.45. The minimum absolute atomic E-state index is 0.0137. The molecule has 0 unspecified atom stereocenters. The number of ketones is 1. The Bertz CT molecular complexity index is 1090. The predicted molar refractivity (Wildman–Crippen MR) is 230 cm³/mol. The molecule has 0 heterocycles. The van der Waals surface area contributed by atoms with Gasteiger partial charge < -0.3 is 9.47 Å². The van der Waals surface area contributed by atoms with Gasteiger partial charge in [-0.25, -0.2) is 0 Å². The zero-order valence-electron chi connectivity index (χ0n) is 34.0. The summed E-state index contributed by atoms with van der Waals surface area (Å²) in [6, 6.07) is 14.1. The predicted octanol–water partition coefficient (Wildman–Crippen LogP) is 16.0. The van der Waals surface area contributed by atoms with E-state index in [0.717, 1.165) is 42.1 Å². The lowest BCUT2D eigenvalue weighted by molar-refractivity contribution is 0.104. The van der Waals surface area contributed by atoms with E-state index in [0.29, 0.717) is 18.8 Å². The molecule has 52 heavy (non-hydrogen) atoms. The van der Waals surface area contributed by atoms with Crippen LogP contribution in [0.15, 0.2) is 53.4 Å². The third kappa shape index (κ3) is 24.9. The van der Waals surface area contributed by atoms with E-state index in [9.17, 15) is 4.79 Å². The first-order valence-electron chi connectivity index (χ1n) is 22.0. The lowest BCUT2D eigenvalue weighted by Gasteiger charge is -2.12. The van der Waals surface area contributed by atoms with Crippen LogP contribution in [0.4, 0.5) is 0 Å². The van der Waals surface area contributed by atoms with Crippen LogP contribution in [-0.4, -0.2) is 24.7 Å². The van der Waals surface area contributed by atoms with E-state index >= 15 is 0 Å². The summed E-state index contributed by atoms with van der Waals surface area (Å²) in [5.74, 6) is 2.76. The molecule has 2 aromatic carbocycles. The summed E-state index contributed by atoms with van der Waals surface area (Å²) in [4.78, 5) is 14.2. The van der Waals surface area contributed by atoms with Gasteiger partial charge >= 0.3 is 0 Å². The highest BCUT2D eigenvalue weighted by molar-refractivity contribution is 7.99. The van der Waals surface area contributed by atoms with Crippen LogP contribution in [0, 0.1) is 0 Å². The molecule has 2 aromatic rings. The lowest BCUT2D eigenvalue weighted by atomic mass is 10.0. The summed E-state index contributed by atoms with van der Waals surface area (Å²) in [5.41, 5.74) is 1.65. The molecule has 0 atom stereocenters. The first-order valence-corrected chi connectivity index (χ1v) is 23.0. The Labute approximate surface area is 325 Å². The average Bonchev–Trinajstić information content (AvgIpc) is 3.16. The van der Waals surface area contributed by atoms with Crippen molar-refractivity contribution in [2.75, 3.05) is 19.0 Å². The molecule has 294 valence electrons. The number of thioether (sulfide) groups is 1. The average molecular weight is 735 g/mol. The lowest BCUT2D eigenvalue weighted by Crippen LogP contribution is -2.01. The highest BCUT2D eigenvalue weighted by atomic mass is 32.2. The van der Waals surface area contributed by atoms with E-state index in [1.807, 2.05) is 48.2 Å². The van der Waals surface area contributed by atoms with Crippen LogP contribution < -0.4 is 9.47 Å². The van der Waals surface area contributed by atoms with Crippen LogP contribution >= 0.6 is 11.8 Å². The van der Waals surface area contributed by atoms with Crippen molar-refractivity contribution < 1.29 is 14.3 Å². The van der Waals surface area contributed by atoms with Gasteiger partial charge in [0, 0.05) is 16.5 Å². The first kappa shape index (κ1) is 46.0. The molecule has 0 saturated carbocycles. The third-order valence-electron chi connectivity index (χ3n) is 9.97. The van der Waals surface area contributed by atoms with Crippen LogP contribution in [0.25, 0.3) is 6.08 Å². The topological polar surface area (TPSA) is 35.5 Å². The molecule has 0 spiro atoms. The number of ether oxygens (including phenoxy) is 2. The maximum atomic E-state index is 13.0. The fraction of sp³-hybridized carbons (Fsp3) is 0.688. The second-order valence-corrected chi connectivity index (χ2v) is 16.2. The molecule has 0 saturated heterocycles. The quantitative estimate of drug-likeness (QED) is 0.0302. The number of hydrogen-bond acceptors (Lipinski definition) is 4. The number of carbonyl (C=O) groups excluding carboxylic acids is 1. The maximum absolute atomic E-state index is 13.0. The van der Waals surface area contributed by atoms with Gasteiger partial charge in [0.05, 0.1) is 13.2 Å². The summed E-state index contributed by atoms with van der Waals surface area (Å²) in [6.45, 7) is 8.19. The van der Waals surface area contributed by atoms with Crippen molar-refractivity contribution in [2.24, 2.45) is 0 Å². The zero-order chi connectivity index (χ0) is 37.2. The molecule has 0 bridgehead atoms. The van der Waals surface area contributed by atoms with Crippen molar-refractivity contribution in [3.05, 3.63) is 59.7 Å². The molecule has 3 nitrogen and oxygen atoms in total. The molecule has 4 heteroatoms. The molecular formula is C48H78O3S. The second kappa shape index (κ2) is 33.4. The normalized spacial score (nSPS) is 11.4. The Morgan fingerprint density at radius 1 is 0.500 bits per heavy atom. The summed E-state index contributed by atoms with van der Waals surface area (Å²) < 4.78 is 12.5. The monoisotopic (exact) mass is 735 g/mol. The Morgan fingerprint density at radius 2 is 0.885 bits per heavy atom. The second-order valence-electron chi connectivity index (χ2n) is 15.0. The van der Waals surface area contributed by atoms with Crippen molar-refractivity contribution in [3.8, 4) is 11.5 Å². The Balaban J connectivity index is 1.76. The smallest absolute Gasteiger partial charge is 0.185 e. The molecule has 0 radical (unpaired) electrons. The molecule has 0 fully saturated rings. The molecule has 0 aliphatic carbocycles.